The summed E-state index contributed by atoms with van der Waals surface area (Å²) in [4.78, 5) is -0.183. The zero-order chi connectivity index (χ0) is 15.9. The Balaban J connectivity index is 2.50. The molecule has 0 radical (unpaired) electrons. The Morgan fingerprint density at radius 1 is 1.24 bits per heavy atom. The first-order valence-corrected chi connectivity index (χ1v) is 9.48. The van der Waals surface area contributed by atoms with E-state index in [4.69, 9.17) is 34.8 Å². The Labute approximate surface area is 148 Å². The molecule has 1 aromatic carbocycles. The van der Waals surface area contributed by atoms with Crippen LogP contribution in [0.4, 0.5) is 10.1 Å². The summed E-state index contributed by atoms with van der Waals surface area (Å²) in [5, 5.41) is -0.0600. The van der Waals surface area contributed by atoms with Crippen LogP contribution >= 0.6 is 62.1 Å². The molecule has 0 saturated heterocycles. The van der Waals surface area contributed by atoms with Gasteiger partial charge in [0.1, 0.15) is 19.4 Å². The first kappa shape index (κ1) is 17.3. The predicted octanol–water partition coefficient (Wildman–Crippen LogP) is 5.72. The lowest BCUT2D eigenvalue weighted by Crippen LogP contribution is -2.13. The van der Waals surface area contributed by atoms with Gasteiger partial charge in [-0.1, -0.05) is 34.8 Å². The van der Waals surface area contributed by atoms with E-state index in [9.17, 15) is 12.8 Å². The van der Waals surface area contributed by atoms with Gasteiger partial charge >= 0.3 is 0 Å². The first-order valence-electron chi connectivity index (χ1n) is 5.25. The van der Waals surface area contributed by atoms with Crippen LogP contribution in [0.5, 0.6) is 0 Å². The summed E-state index contributed by atoms with van der Waals surface area (Å²) in [6.45, 7) is 1.49. The third-order valence-corrected chi connectivity index (χ3v) is 7.63. The number of rotatable bonds is 3. The zero-order valence-electron chi connectivity index (χ0n) is 10.2. The van der Waals surface area contributed by atoms with Gasteiger partial charge in [-0.3, -0.25) is 4.72 Å². The number of hydrogen-bond acceptors (Lipinski definition) is 3. The van der Waals surface area contributed by atoms with Crippen molar-refractivity contribution >= 4 is 77.8 Å². The van der Waals surface area contributed by atoms with Gasteiger partial charge in [0.2, 0.25) is 0 Å². The molecular formula is C11H6BrCl3FNO2S2. The minimum Gasteiger partial charge on any atom is -0.278 e. The lowest BCUT2D eigenvalue weighted by molar-refractivity contribution is 0.601. The van der Waals surface area contributed by atoms with Crippen LogP contribution in [-0.4, -0.2) is 8.42 Å². The number of benzene rings is 1. The van der Waals surface area contributed by atoms with Crippen LogP contribution in [0, 0.1) is 12.7 Å². The highest BCUT2D eigenvalue weighted by atomic mass is 79.9. The SMILES string of the molecule is Cc1cc(NS(=O)(=O)c2c(Cl)sc(Cl)c2Br)c(Cl)cc1F. The topological polar surface area (TPSA) is 46.2 Å². The second-order valence-electron chi connectivity index (χ2n) is 3.98. The predicted molar refractivity (Wildman–Crippen MR) is 89.0 cm³/mol. The normalized spacial score (nSPS) is 11.7. The minimum atomic E-state index is -4.02. The molecule has 0 amide bonds. The molecule has 0 bridgehead atoms. The molecule has 2 rings (SSSR count). The van der Waals surface area contributed by atoms with Crippen LogP contribution in [-0.2, 0) is 10.0 Å². The van der Waals surface area contributed by atoms with E-state index in [1.807, 2.05) is 0 Å². The molecule has 114 valence electrons. The van der Waals surface area contributed by atoms with Crippen LogP contribution < -0.4 is 4.72 Å². The highest BCUT2D eigenvalue weighted by molar-refractivity contribution is 9.10. The minimum absolute atomic E-state index is 0.00864. The quantitative estimate of drug-likeness (QED) is 0.646. The van der Waals surface area contributed by atoms with Gasteiger partial charge in [-0.2, -0.15) is 0 Å². The molecule has 0 atom stereocenters. The van der Waals surface area contributed by atoms with Crippen molar-refractivity contribution in [3.63, 3.8) is 0 Å². The van der Waals surface area contributed by atoms with Crippen molar-refractivity contribution in [3.05, 3.63) is 41.7 Å². The molecule has 0 saturated carbocycles. The molecule has 10 heteroatoms. The standard InChI is InChI=1S/C11H6BrCl3FNO2S2/c1-4-2-7(5(13)3-6(4)16)17-21(18,19)9-8(12)10(14)20-11(9)15/h2-3,17H,1H3. The van der Waals surface area contributed by atoms with Gasteiger partial charge in [-0.25, -0.2) is 12.8 Å². The first-order chi connectivity index (χ1) is 9.63. The summed E-state index contributed by atoms with van der Waals surface area (Å²) in [5.74, 6) is -0.527. The maximum absolute atomic E-state index is 13.3. The second kappa shape index (κ2) is 6.22. The van der Waals surface area contributed by atoms with Crippen LogP contribution in [0.25, 0.3) is 0 Å². The molecular weight excluding hydrogens is 448 g/mol. The highest BCUT2D eigenvalue weighted by Gasteiger charge is 2.27. The molecule has 0 unspecified atom stereocenters. The monoisotopic (exact) mass is 451 g/mol. The Hall–Kier alpha value is -0.0500. The summed E-state index contributed by atoms with van der Waals surface area (Å²) in [6.07, 6.45) is 0. The number of nitrogens with one attached hydrogen (secondary N) is 1. The number of aryl methyl sites for hydroxylation is 1. The van der Waals surface area contributed by atoms with Gasteiger partial charge < -0.3 is 0 Å². The fourth-order valence-corrected chi connectivity index (χ4v) is 6.38. The molecule has 2 aromatic rings. The van der Waals surface area contributed by atoms with E-state index < -0.39 is 15.8 Å². The Bertz CT molecular complexity index is 823. The van der Waals surface area contributed by atoms with Gasteiger partial charge in [-0.15, -0.1) is 11.3 Å². The van der Waals surface area contributed by atoms with E-state index in [1.165, 1.54) is 13.0 Å². The molecule has 0 spiro atoms. The molecule has 21 heavy (non-hydrogen) atoms. The van der Waals surface area contributed by atoms with Crippen molar-refractivity contribution in [1.82, 2.24) is 0 Å². The largest absolute Gasteiger partial charge is 0.278 e. The summed E-state index contributed by atoms with van der Waals surface area (Å²) in [5.41, 5.74) is 0.312. The van der Waals surface area contributed by atoms with Crippen LogP contribution in [0.15, 0.2) is 21.5 Å². The fourth-order valence-electron chi connectivity index (χ4n) is 1.50. The Morgan fingerprint density at radius 3 is 2.38 bits per heavy atom. The van der Waals surface area contributed by atoms with Gasteiger partial charge in [0, 0.05) is 0 Å². The van der Waals surface area contributed by atoms with E-state index >= 15 is 0 Å². The van der Waals surface area contributed by atoms with Gasteiger partial charge in [-0.05, 0) is 40.5 Å². The number of anilines is 1. The smallest absolute Gasteiger partial charge is 0.265 e. The Morgan fingerprint density at radius 2 is 1.86 bits per heavy atom. The molecule has 1 heterocycles. The summed E-state index contributed by atoms with van der Waals surface area (Å²) in [7, 11) is -4.02. The van der Waals surface area contributed by atoms with Gasteiger partial charge in [0.05, 0.1) is 15.2 Å². The van der Waals surface area contributed by atoms with Gasteiger partial charge in [0.25, 0.3) is 10.0 Å². The average Bonchev–Trinajstić information content (AvgIpc) is 2.60. The number of halogens is 5. The molecule has 0 fully saturated rings. The van der Waals surface area contributed by atoms with Crippen molar-refractivity contribution < 1.29 is 12.8 Å². The maximum Gasteiger partial charge on any atom is 0.265 e. The van der Waals surface area contributed by atoms with E-state index in [0.717, 1.165) is 17.4 Å². The third kappa shape index (κ3) is 3.48. The zero-order valence-corrected chi connectivity index (χ0v) is 15.7. The van der Waals surface area contributed by atoms with Gasteiger partial charge in [0.15, 0.2) is 0 Å². The molecule has 1 aromatic heterocycles. The lowest BCUT2D eigenvalue weighted by atomic mass is 10.2. The van der Waals surface area contributed by atoms with E-state index in [1.54, 1.807) is 0 Å². The average molecular weight is 454 g/mol. The maximum atomic E-state index is 13.3. The highest BCUT2D eigenvalue weighted by Crippen LogP contribution is 2.43. The number of sulfonamides is 1. The summed E-state index contributed by atoms with van der Waals surface area (Å²) in [6, 6.07) is 2.33. The molecule has 0 aliphatic heterocycles. The van der Waals surface area contributed by atoms with Crippen LogP contribution in [0.1, 0.15) is 5.56 Å². The van der Waals surface area contributed by atoms with Crippen LogP contribution in [0.3, 0.4) is 0 Å². The van der Waals surface area contributed by atoms with E-state index in [-0.39, 0.29) is 34.3 Å². The van der Waals surface area contributed by atoms with E-state index in [2.05, 4.69) is 20.7 Å². The molecule has 1 N–H and O–H groups in total. The second-order valence-corrected chi connectivity index (χ2v) is 9.02. The van der Waals surface area contributed by atoms with Crippen molar-refractivity contribution in [2.45, 2.75) is 11.8 Å². The number of hydrogen-bond donors (Lipinski definition) is 1. The van der Waals surface area contributed by atoms with Crippen molar-refractivity contribution in [2.24, 2.45) is 0 Å². The van der Waals surface area contributed by atoms with Crippen molar-refractivity contribution in [3.8, 4) is 0 Å². The Kier molecular flexibility index (Phi) is 5.12. The van der Waals surface area contributed by atoms with Crippen LogP contribution in [0.2, 0.25) is 13.7 Å². The van der Waals surface area contributed by atoms with Crippen molar-refractivity contribution in [2.75, 3.05) is 4.72 Å². The summed E-state index contributed by atoms with van der Waals surface area (Å²) < 4.78 is 40.8. The molecule has 3 nitrogen and oxygen atoms in total. The molecule has 0 aliphatic carbocycles. The molecule has 0 aliphatic rings. The third-order valence-electron chi connectivity index (χ3n) is 2.49. The fraction of sp³-hybridized carbons (Fsp3) is 0.0909. The van der Waals surface area contributed by atoms with Crippen molar-refractivity contribution in [1.29, 1.82) is 0 Å². The summed E-state index contributed by atoms with van der Waals surface area (Å²) >= 11 is 21.6. The van der Waals surface area contributed by atoms with E-state index in [0.29, 0.717) is 0 Å². The number of thiophene rings is 1. The lowest BCUT2D eigenvalue weighted by Gasteiger charge is -2.11.